The van der Waals surface area contributed by atoms with Gasteiger partial charge in [-0.15, -0.1) is 0 Å². The van der Waals surface area contributed by atoms with Crippen molar-refractivity contribution in [2.45, 2.75) is 19.6 Å². The number of nitrogens with zero attached hydrogens (tertiary/aromatic N) is 1. The molecule has 3 nitrogen and oxygen atoms in total. The maximum absolute atomic E-state index is 6.02. The molecule has 2 aromatic carbocycles. The van der Waals surface area contributed by atoms with Crippen LogP contribution in [-0.4, -0.2) is 32.1 Å². The van der Waals surface area contributed by atoms with Crippen LogP contribution in [0.5, 0.6) is 5.75 Å². The highest BCUT2D eigenvalue weighted by Gasteiger charge is 2.02. The summed E-state index contributed by atoms with van der Waals surface area (Å²) in [6, 6.07) is 13.7. The second kappa shape index (κ2) is 9.90. The lowest BCUT2D eigenvalue weighted by atomic mass is 10.2. The lowest BCUT2D eigenvalue weighted by Gasteiger charge is -2.11. The molecule has 24 heavy (non-hydrogen) atoms. The SMILES string of the molecule is CN(C)CCCNCc1cccc(OCc2ccc(Cl)c(Cl)c2)c1. The molecule has 0 heterocycles. The third-order valence-electron chi connectivity index (χ3n) is 3.58. The van der Waals surface area contributed by atoms with Crippen molar-refractivity contribution in [1.82, 2.24) is 10.2 Å². The summed E-state index contributed by atoms with van der Waals surface area (Å²) >= 11 is 11.9. The van der Waals surface area contributed by atoms with E-state index in [0.717, 1.165) is 37.4 Å². The van der Waals surface area contributed by atoms with Gasteiger partial charge in [0, 0.05) is 6.54 Å². The van der Waals surface area contributed by atoms with Crippen LogP contribution in [0.3, 0.4) is 0 Å². The van der Waals surface area contributed by atoms with E-state index in [-0.39, 0.29) is 0 Å². The molecule has 2 rings (SSSR count). The van der Waals surface area contributed by atoms with E-state index in [9.17, 15) is 0 Å². The van der Waals surface area contributed by atoms with Gasteiger partial charge in [-0.25, -0.2) is 0 Å². The van der Waals surface area contributed by atoms with Crippen molar-refractivity contribution < 1.29 is 4.74 Å². The zero-order valence-corrected chi connectivity index (χ0v) is 15.7. The quantitative estimate of drug-likeness (QED) is 0.655. The standard InChI is InChI=1S/C19H24Cl2N2O/c1-23(2)10-4-9-22-13-15-5-3-6-17(11-15)24-14-16-7-8-18(20)19(21)12-16/h3,5-8,11-12,22H,4,9-10,13-14H2,1-2H3. The highest BCUT2D eigenvalue weighted by Crippen LogP contribution is 2.23. The molecule has 0 saturated heterocycles. The number of hydrogen-bond acceptors (Lipinski definition) is 3. The molecule has 0 atom stereocenters. The van der Waals surface area contributed by atoms with Crippen molar-refractivity contribution >= 4 is 23.2 Å². The van der Waals surface area contributed by atoms with Crippen LogP contribution in [0.15, 0.2) is 42.5 Å². The van der Waals surface area contributed by atoms with E-state index in [1.807, 2.05) is 24.3 Å². The Bertz CT molecular complexity index is 647. The van der Waals surface area contributed by atoms with Gasteiger partial charge in [-0.3, -0.25) is 0 Å². The Morgan fingerprint density at radius 2 is 1.83 bits per heavy atom. The van der Waals surface area contributed by atoms with Gasteiger partial charge in [0.2, 0.25) is 0 Å². The second-order valence-electron chi connectivity index (χ2n) is 6.02. The molecule has 0 saturated carbocycles. The second-order valence-corrected chi connectivity index (χ2v) is 6.83. The van der Waals surface area contributed by atoms with E-state index in [4.69, 9.17) is 27.9 Å². The van der Waals surface area contributed by atoms with Crippen LogP contribution in [0.2, 0.25) is 10.0 Å². The van der Waals surface area contributed by atoms with Gasteiger partial charge in [-0.2, -0.15) is 0 Å². The van der Waals surface area contributed by atoms with Gasteiger partial charge < -0.3 is 15.0 Å². The topological polar surface area (TPSA) is 24.5 Å². The van der Waals surface area contributed by atoms with Crippen molar-refractivity contribution in [2.75, 3.05) is 27.2 Å². The van der Waals surface area contributed by atoms with Gasteiger partial charge in [-0.1, -0.05) is 41.4 Å². The Hall–Kier alpha value is -1.26. The fraction of sp³-hybridized carbons (Fsp3) is 0.368. The van der Waals surface area contributed by atoms with E-state index < -0.39 is 0 Å². The van der Waals surface area contributed by atoms with Crippen molar-refractivity contribution in [3.05, 3.63) is 63.6 Å². The molecule has 2 aromatic rings. The molecule has 0 bridgehead atoms. The van der Waals surface area contributed by atoms with Crippen LogP contribution in [0, 0.1) is 0 Å². The molecule has 0 spiro atoms. The van der Waals surface area contributed by atoms with Crippen LogP contribution in [-0.2, 0) is 13.2 Å². The minimum Gasteiger partial charge on any atom is -0.489 e. The molecule has 0 aliphatic carbocycles. The lowest BCUT2D eigenvalue weighted by molar-refractivity contribution is 0.306. The number of halogens is 2. The van der Waals surface area contributed by atoms with Gasteiger partial charge in [0.25, 0.3) is 0 Å². The third-order valence-corrected chi connectivity index (χ3v) is 4.31. The van der Waals surface area contributed by atoms with Crippen LogP contribution in [0.1, 0.15) is 17.5 Å². The van der Waals surface area contributed by atoms with Gasteiger partial charge in [0.05, 0.1) is 10.0 Å². The number of hydrogen-bond donors (Lipinski definition) is 1. The van der Waals surface area contributed by atoms with E-state index in [0.29, 0.717) is 16.7 Å². The van der Waals surface area contributed by atoms with Crippen LogP contribution >= 0.6 is 23.2 Å². The van der Waals surface area contributed by atoms with E-state index in [1.165, 1.54) is 5.56 Å². The molecule has 0 aliphatic rings. The molecule has 0 amide bonds. The van der Waals surface area contributed by atoms with Gasteiger partial charge >= 0.3 is 0 Å². The van der Waals surface area contributed by atoms with E-state index in [1.54, 1.807) is 6.07 Å². The smallest absolute Gasteiger partial charge is 0.120 e. The fourth-order valence-corrected chi connectivity index (χ4v) is 2.62. The summed E-state index contributed by atoms with van der Waals surface area (Å²) in [5.74, 6) is 0.855. The normalized spacial score (nSPS) is 11.0. The average molecular weight is 367 g/mol. The zero-order chi connectivity index (χ0) is 17.4. The number of ether oxygens (including phenoxy) is 1. The fourth-order valence-electron chi connectivity index (χ4n) is 2.29. The van der Waals surface area contributed by atoms with Crippen LogP contribution in [0.4, 0.5) is 0 Å². The highest BCUT2D eigenvalue weighted by atomic mass is 35.5. The minimum absolute atomic E-state index is 0.469. The predicted octanol–water partition coefficient (Wildman–Crippen LogP) is 4.61. The van der Waals surface area contributed by atoms with E-state index >= 15 is 0 Å². The average Bonchev–Trinajstić information content (AvgIpc) is 2.56. The molecule has 130 valence electrons. The maximum atomic E-state index is 6.02. The molecule has 0 aromatic heterocycles. The minimum atomic E-state index is 0.469. The van der Waals surface area contributed by atoms with Crippen molar-refractivity contribution in [1.29, 1.82) is 0 Å². The summed E-state index contributed by atoms with van der Waals surface area (Å²) in [6.07, 6.45) is 1.14. The molecular weight excluding hydrogens is 343 g/mol. The Balaban J connectivity index is 1.80. The summed E-state index contributed by atoms with van der Waals surface area (Å²) in [5, 5.41) is 4.57. The Morgan fingerprint density at radius 1 is 1.00 bits per heavy atom. The molecular formula is C19H24Cl2N2O. The first kappa shape index (κ1) is 19.1. The monoisotopic (exact) mass is 366 g/mol. The van der Waals surface area contributed by atoms with Crippen molar-refractivity contribution in [3.63, 3.8) is 0 Å². The lowest BCUT2D eigenvalue weighted by Crippen LogP contribution is -2.20. The zero-order valence-electron chi connectivity index (χ0n) is 14.2. The summed E-state index contributed by atoms with van der Waals surface area (Å²) in [7, 11) is 4.18. The summed E-state index contributed by atoms with van der Waals surface area (Å²) in [5.41, 5.74) is 2.21. The molecule has 0 unspecified atom stereocenters. The first-order chi connectivity index (χ1) is 11.5. The third kappa shape index (κ3) is 6.70. The summed E-state index contributed by atoms with van der Waals surface area (Å²) in [4.78, 5) is 2.19. The van der Waals surface area contributed by atoms with Crippen LogP contribution < -0.4 is 10.1 Å². The predicted molar refractivity (Wildman–Crippen MR) is 102 cm³/mol. The first-order valence-corrected chi connectivity index (χ1v) is 8.81. The number of rotatable bonds is 9. The number of nitrogens with one attached hydrogen (secondary N) is 1. The highest BCUT2D eigenvalue weighted by molar-refractivity contribution is 6.42. The van der Waals surface area contributed by atoms with Crippen molar-refractivity contribution in [2.24, 2.45) is 0 Å². The summed E-state index contributed by atoms with van der Waals surface area (Å²) in [6.45, 7) is 3.42. The summed E-state index contributed by atoms with van der Waals surface area (Å²) < 4.78 is 5.85. The van der Waals surface area contributed by atoms with Crippen LogP contribution in [0.25, 0.3) is 0 Å². The van der Waals surface area contributed by atoms with Gasteiger partial charge in [-0.05, 0) is 69.0 Å². The molecule has 5 heteroatoms. The Morgan fingerprint density at radius 3 is 2.58 bits per heavy atom. The molecule has 0 radical (unpaired) electrons. The van der Waals surface area contributed by atoms with Gasteiger partial charge in [0.1, 0.15) is 12.4 Å². The van der Waals surface area contributed by atoms with Crippen molar-refractivity contribution in [3.8, 4) is 5.75 Å². The molecule has 1 N–H and O–H groups in total. The Kier molecular flexibility index (Phi) is 7.86. The van der Waals surface area contributed by atoms with Gasteiger partial charge in [0.15, 0.2) is 0 Å². The molecule has 0 aliphatic heterocycles. The molecule has 0 fully saturated rings. The van der Waals surface area contributed by atoms with E-state index in [2.05, 4.69) is 36.4 Å². The Labute approximate surface area is 154 Å². The number of benzene rings is 2. The largest absolute Gasteiger partial charge is 0.489 e. The maximum Gasteiger partial charge on any atom is 0.120 e. The first-order valence-electron chi connectivity index (χ1n) is 8.06.